The van der Waals surface area contributed by atoms with Crippen molar-refractivity contribution in [1.29, 1.82) is 0 Å². The second-order valence-corrected chi connectivity index (χ2v) is 10.7. The first-order valence-electron chi connectivity index (χ1n) is 9.78. The zero-order valence-corrected chi connectivity index (χ0v) is 17.1. The fraction of sp³-hybridized carbons (Fsp3) is 0.667. The van der Waals surface area contributed by atoms with Gasteiger partial charge in [-0.15, -0.1) is 0 Å². The third-order valence-corrected chi connectivity index (χ3v) is 7.55. The maximum absolute atomic E-state index is 12.8. The molecule has 5 rings (SSSR count). The average Bonchev–Trinajstić information content (AvgIpc) is 2.51. The number of ether oxygens (including phenoxy) is 1. The number of benzene rings is 1. The second-order valence-electron chi connectivity index (χ2n) is 8.99. The molecule has 4 bridgehead atoms. The lowest BCUT2D eigenvalue weighted by molar-refractivity contribution is -0.128. The lowest BCUT2D eigenvalue weighted by atomic mass is 9.48. The first-order chi connectivity index (χ1) is 12.8. The van der Waals surface area contributed by atoms with Crippen molar-refractivity contribution in [3.63, 3.8) is 0 Å². The van der Waals surface area contributed by atoms with Gasteiger partial charge in [0.05, 0.1) is 6.04 Å². The number of nitrogens with one attached hydrogen (secondary N) is 1. The molecule has 27 heavy (non-hydrogen) atoms. The molecular formula is C21H26BrF2NO2. The van der Waals surface area contributed by atoms with Gasteiger partial charge >= 0.3 is 6.61 Å². The Kier molecular flexibility index (Phi) is 4.98. The summed E-state index contributed by atoms with van der Waals surface area (Å²) in [4.78, 5) is 12.8. The van der Waals surface area contributed by atoms with Crippen LogP contribution in [0.5, 0.6) is 5.75 Å². The van der Waals surface area contributed by atoms with Crippen LogP contribution in [0.4, 0.5) is 8.78 Å². The molecule has 148 valence electrons. The summed E-state index contributed by atoms with van der Waals surface area (Å²) in [6.07, 6.45) is 7.66. The van der Waals surface area contributed by atoms with Gasteiger partial charge in [-0.1, -0.05) is 34.1 Å². The smallest absolute Gasteiger partial charge is 0.387 e. The van der Waals surface area contributed by atoms with Gasteiger partial charge in [0, 0.05) is 16.3 Å². The molecule has 4 aliphatic rings. The van der Waals surface area contributed by atoms with E-state index in [0.29, 0.717) is 12.0 Å². The summed E-state index contributed by atoms with van der Waals surface area (Å²) in [6.45, 7) is -1.06. The number of amides is 1. The maximum atomic E-state index is 12.8. The minimum atomic E-state index is -2.88. The molecule has 0 radical (unpaired) electrons. The van der Waals surface area contributed by atoms with Gasteiger partial charge in [0.2, 0.25) is 5.91 Å². The number of hydrogen-bond acceptors (Lipinski definition) is 2. The molecule has 3 atom stereocenters. The van der Waals surface area contributed by atoms with Crippen molar-refractivity contribution in [1.82, 2.24) is 5.32 Å². The van der Waals surface area contributed by atoms with Gasteiger partial charge in [0.25, 0.3) is 0 Å². The molecule has 0 aromatic heterocycles. The lowest BCUT2D eigenvalue weighted by Gasteiger charge is -2.60. The summed E-state index contributed by atoms with van der Waals surface area (Å²) >= 11 is 3.98. The van der Waals surface area contributed by atoms with E-state index in [-0.39, 0.29) is 27.4 Å². The fourth-order valence-corrected chi connectivity index (χ4v) is 7.81. The van der Waals surface area contributed by atoms with Crippen LogP contribution in [0.2, 0.25) is 0 Å². The predicted octanol–water partition coefficient (Wildman–Crippen LogP) is 5.59. The van der Waals surface area contributed by atoms with Crippen LogP contribution in [0.25, 0.3) is 0 Å². The molecule has 0 heterocycles. The molecule has 1 aromatic rings. The van der Waals surface area contributed by atoms with E-state index < -0.39 is 6.61 Å². The first-order valence-corrected chi connectivity index (χ1v) is 10.6. The average molecular weight is 442 g/mol. The Morgan fingerprint density at radius 1 is 1.26 bits per heavy atom. The van der Waals surface area contributed by atoms with Crippen molar-refractivity contribution in [3.05, 3.63) is 29.8 Å². The van der Waals surface area contributed by atoms with E-state index in [4.69, 9.17) is 0 Å². The quantitative estimate of drug-likeness (QED) is 0.584. The van der Waals surface area contributed by atoms with Gasteiger partial charge in [-0.25, -0.2) is 0 Å². The third kappa shape index (κ3) is 4.01. The molecular weight excluding hydrogens is 416 g/mol. The lowest BCUT2D eigenvalue weighted by Crippen LogP contribution is -2.54. The Morgan fingerprint density at radius 3 is 2.56 bits per heavy atom. The monoisotopic (exact) mass is 441 g/mol. The van der Waals surface area contributed by atoms with Crippen molar-refractivity contribution in [2.45, 2.75) is 68.8 Å². The van der Waals surface area contributed by atoms with Gasteiger partial charge in [-0.3, -0.25) is 4.79 Å². The van der Waals surface area contributed by atoms with Gasteiger partial charge < -0.3 is 10.1 Å². The number of carbonyl (C=O) groups is 1. The Hall–Kier alpha value is -1.17. The molecule has 1 aromatic carbocycles. The summed E-state index contributed by atoms with van der Waals surface area (Å²) in [5, 5.41) is 3.02. The van der Waals surface area contributed by atoms with E-state index >= 15 is 0 Å². The summed E-state index contributed by atoms with van der Waals surface area (Å²) in [5.74, 6) is 1.59. The van der Waals surface area contributed by atoms with Crippen LogP contribution in [-0.4, -0.2) is 16.8 Å². The van der Waals surface area contributed by atoms with Gasteiger partial charge in [0.15, 0.2) is 0 Å². The van der Waals surface area contributed by atoms with E-state index in [2.05, 4.69) is 26.0 Å². The second kappa shape index (κ2) is 7.02. The number of rotatable bonds is 6. The van der Waals surface area contributed by atoms with E-state index in [1.807, 2.05) is 6.92 Å². The van der Waals surface area contributed by atoms with Gasteiger partial charge in [-0.2, -0.15) is 8.78 Å². The van der Waals surface area contributed by atoms with Gasteiger partial charge in [0.1, 0.15) is 5.75 Å². The van der Waals surface area contributed by atoms with Crippen molar-refractivity contribution < 1.29 is 18.3 Å². The van der Waals surface area contributed by atoms with Crippen LogP contribution in [0.1, 0.15) is 63.5 Å². The highest BCUT2D eigenvalue weighted by molar-refractivity contribution is 9.10. The molecule has 1 N–H and O–H groups in total. The minimum Gasteiger partial charge on any atom is -0.434 e. The Bertz CT molecular complexity index is 712. The van der Waals surface area contributed by atoms with Crippen molar-refractivity contribution in [2.75, 3.05) is 0 Å². The van der Waals surface area contributed by atoms with Crippen LogP contribution in [0.3, 0.4) is 0 Å². The van der Waals surface area contributed by atoms with E-state index in [1.54, 1.807) is 18.2 Å². The normalized spacial score (nSPS) is 35.3. The topological polar surface area (TPSA) is 38.3 Å². The molecule has 6 heteroatoms. The summed E-state index contributed by atoms with van der Waals surface area (Å²) in [6, 6.07) is 6.28. The zero-order chi connectivity index (χ0) is 19.2. The number of hydrogen-bond donors (Lipinski definition) is 1. The highest BCUT2D eigenvalue weighted by atomic mass is 79.9. The summed E-state index contributed by atoms with van der Waals surface area (Å²) in [5.41, 5.74) is 0.671. The van der Waals surface area contributed by atoms with Crippen LogP contribution in [0.15, 0.2) is 24.3 Å². The standard InChI is InChI=1S/C21H26BrF2NO2/c1-13(16-4-2-3-5-17(16)27-19(23)24)25-18(26)11-20-7-14-6-15(8-20)10-21(22,9-14)12-20/h2-5,13-15,19H,6-12H2,1H3,(H,25,26). The van der Waals surface area contributed by atoms with Crippen LogP contribution in [0, 0.1) is 17.3 Å². The molecule has 1 amide bonds. The Balaban J connectivity index is 1.43. The maximum Gasteiger partial charge on any atom is 0.387 e. The number of para-hydroxylation sites is 1. The SMILES string of the molecule is CC(NC(=O)CC12CC3CC(CC(Br)(C3)C1)C2)c1ccccc1OC(F)F. The molecule has 3 unspecified atom stereocenters. The van der Waals surface area contributed by atoms with Crippen molar-refractivity contribution in [3.8, 4) is 5.75 Å². The van der Waals surface area contributed by atoms with Crippen molar-refractivity contribution in [2.24, 2.45) is 17.3 Å². The number of alkyl halides is 3. The van der Waals surface area contributed by atoms with Crippen LogP contribution < -0.4 is 10.1 Å². The molecule has 0 aliphatic heterocycles. The molecule has 3 nitrogen and oxygen atoms in total. The fourth-order valence-electron chi connectivity index (χ4n) is 6.30. The predicted molar refractivity (Wildman–Crippen MR) is 103 cm³/mol. The minimum absolute atomic E-state index is 0.00685. The van der Waals surface area contributed by atoms with Crippen LogP contribution in [-0.2, 0) is 4.79 Å². The zero-order valence-electron chi connectivity index (χ0n) is 15.5. The highest BCUT2D eigenvalue weighted by Gasteiger charge is 2.57. The molecule has 4 saturated carbocycles. The Labute approximate surface area is 167 Å². The first kappa shape index (κ1) is 19.2. The largest absolute Gasteiger partial charge is 0.434 e. The molecule has 4 fully saturated rings. The third-order valence-electron chi connectivity index (χ3n) is 6.63. The number of carbonyl (C=O) groups excluding carboxylic acids is 1. The molecule has 4 aliphatic carbocycles. The van der Waals surface area contributed by atoms with E-state index in [0.717, 1.165) is 31.1 Å². The summed E-state index contributed by atoms with van der Waals surface area (Å²) in [7, 11) is 0. The van der Waals surface area contributed by atoms with E-state index in [9.17, 15) is 13.6 Å². The highest BCUT2D eigenvalue weighted by Crippen LogP contribution is 2.65. The molecule has 0 spiro atoms. The van der Waals surface area contributed by atoms with E-state index in [1.165, 1.54) is 25.3 Å². The van der Waals surface area contributed by atoms with Crippen LogP contribution >= 0.6 is 15.9 Å². The van der Waals surface area contributed by atoms with Gasteiger partial charge in [-0.05, 0) is 68.8 Å². The summed E-state index contributed by atoms with van der Waals surface area (Å²) < 4.78 is 30.1. The Morgan fingerprint density at radius 2 is 1.93 bits per heavy atom. The number of halogens is 3. The molecule has 0 saturated heterocycles. The van der Waals surface area contributed by atoms with Crippen molar-refractivity contribution >= 4 is 21.8 Å².